The van der Waals surface area contributed by atoms with Gasteiger partial charge in [-0.25, -0.2) is 4.98 Å². The molecule has 0 aliphatic rings. The van der Waals surface area contributed by atoms with Gasteiger partial charge in [-0.1, -0.05) is 55.8 Å². The molecule has 0 saturated carbocycles. The number of fused-ring (bicyclic) bond motifs is 2. The second-order valence-corrected chi connectivity index (χ2v) is 8.08. The fourth-order valence-corrected chi connectivity index (χ4v) is 3.75. The normalized spacial score (nSPS) is 11.1. The van der Waals surface area contributed by atoms with Crippen molar-refractivity contribution >= 4 is 33.4 Å². The van der Waals surface area contributed by atoms with E-state index in [0.717, 1.165) is 52.1 Å². The molecule has 5 aromatic rings. The van der Waals surface area contributed by atoms with E-state index < -0.39 is 0 Å². The third kappa shape index (κ3) is 5.16. The van der Waals surface area contributed by atoms with Crippen LogP contribution < -0.4 is 10.3 Å². The van der Waals surface area contributed by atoms with Crippen LogP contribution in [-0.4, -0.2) is 11.5 Å². The molecule has 1 heterocycles. The molecule has 34 heavy (non-hydrogen) atoms. The highest BCUT2D eigenvalue weighted by Gasteiger charge is 2.20. The summed E-state index contributed by atoms with van der Waals surface area (Å²) in [7, 11) is 0. The fourth-order valence-electron chi connectivity index (χ4n) is 3.75. The molecule has 5 nitrogen and oxygen atoms in total. The molecule has 0 aliphatic carbocycles. The number of nitrogens with two attached hydrogens (primary N) is 1. The molecule has 0 radical (unpaired) electrons. The van der Waals surface area contributed by atoms with Crippen LogP contribution >= 0.6 is 0 Å². The van der Waals surface area contributed by atoms with Gasteiger partial charge in [0.05, 0.1) is 11.4 Å². The molecule has 0 unspecified atom stereocenters. The SMILES string of the molecule is CCN.CCc1ccc2nc3ccc(N=Nc4ccc(C)cc4)cc3[n+](-c3ccccc3)c2c1. The molecule has 0 atom stereocenters. The van der Waals surface area contributed by atoms with Crippen molar-refractivity contribution in [3.8, 4) is 5.69 Å². The van der Waals surface area contributed by atoms with E-state index in [1.165, 1.54) is 11.1 Å². The highest BCUT2D eigenvalue weighted by Crippen LogP contribution is 2.24. The van der Waals surface area contributed by atoms with Gasteiger partial charge in [-0.2, -0.15) is 10.2 Å². The van der Waals surface area contributed by atoms with Crippen LogP contribution in [-0.2, 0) is 6.42 Å². The van der Waals surface area contributed by atoms with Crippen molar-refractivity contribution in [1.29, 1.82) is 0 Å². The maximum Gasteiger partial charge on any atom is 0.239 e. The fraction of sp³-hybridized carbons (Fsp3) is 0.172. The van der Waals surface area contributed by atoms with E-state index in [1.807, 2.05) is 49.4 Å². The molecule has 5 rings (SSSR count). The standard InChI is InChI=1S/C27H23N4.C2H7N/c1-3-20-11-15-24-26(17-20)31(23-7-5-4-6-8-23)27-18-22(14-16-25(27)28-24)30-29-21-12-9-19(2)10-13-21;1-2-3/h4-18H,3H2,1-2H3;2-3H2,1H3/q+1;. The monoisotopic (exact) mass is 448 g/mol. The van der Waals surface area contributed by atoms with Gasteiger partial charge < -0.3 is 5.73 Å². The predicted octanol–water partition coefficient (Wildman–Crippen LogP) is 6.92. The third-order valence-corrected chi connectivity index (χ3v) is 5.46. The largest absolute Gasteiger partial charge is 0.331 e. The first-order valence-corrected chi connectivity index (χ1v) is 11.6. The molecule has 0 fully saturated rings. The Hall–Kier alpha value is -3.96. The van der Waals surface area contributed by atoms with Crippen molar-refractivity contribution in [2.75, 3.05) is 6.54 Å². The van der Waals surface area contributed by atoms with Crippen LogP contribution in [0.1, 0.15) is 25.0 Å². The Balaban J connectivity index is 0.000000868. The van der Waals surface area contributed by atoms with Gasteiger partial charge >= 0.3 is 0 Å². The van der Waals surface area contributed by atoms with Crippen molar-refractivity contribution in [1.82, 2.24) is 4.98 Å². The Bertz CT molecular complexity index is 1420. The Morgan fingerprint density at radius 3 is 2.00 bits per heavy atom. The first kappa shape index (κ1) is 23.2. The molecule has 1 aromatic heterocycles. The molecule has 170 valence electrons. The number of azo groups is 1. The van der Waals surface area contributed by atoms with Gasteiger partial charge in [0.25, 0.3) is 0 Å². The van der Waals surface area contributed by atoms with E-state index >= 15 is 0 Å². The summed E-state index contributed by atoms with van der Waals surface area (Å²) < 4.78 is 2.27. The van der Waals surface area contributed by atoms with E-state index in [4.69, 9.17) is 10.7 Å². The second-order valence-electron chi connectivity index (χ2n) is 8.08. The molecule has 0 saturated heterocycles. The number of para-hydroxylation sites is 1. The lowest BCUT2D eigenvalue weighted by Gasteiger charge is -2.07. The molecular weight excluding hydrogens is 418 g/mol. The number of nitrogens with zero attached hydrogens (tertiary/aromatic N) is 4. The summed E-state index contributed by atoms with van der Waals surface area (Å²) in [6.07, 6.45) is 0.980. The zero-order valence-electron chi connectivity index (χ0n) is 19.9. The lowest BCUT2D eigenvalue weighted by Crippen LogP contribution is -2.33. The Morgan fingerprint density at radius 2 is 1.32 bits per heavy atom. The first-order valence-electron chi connectivity index (χ1n) is 11.6. The summed E-state index contributed by atoms with van der Waals surface area (Å²) in [6.45, 7) is 6.89. The van der Waals surface area contributed by atoms with Gasteiger partial charge in [0.2, 0.25) is 16.7 Å². The average Bonchev–Trinajstić information content (AvgIpc) is 2.87. The van der Waals surface area contributed by atoms with Gasteiger partial charge in [-0.3, -0.25) is 0 Å². The minimum Gasteiger partial charge on any atom is -0.331 e. The van der Waals surface area contributed by atoms with Gasteiger partial charge in [0, 0.05) is 24.3 Å². The maximum atomic E-state index is 4.92. The first-order chi connectivity index (χ1) is 16.6. The van der Waals surface area contributed by atoms with Crippen LogP contribution in [0.25, 0.3) is 27.8 Å². The Morgan fingerprint density at radius 1 is 0.735 bits per heavy atom. The summed E-state index contributed by atoms with van der Waals surface area (Å²) in [6, 6.07) is 31.0. The van der Waals surface area contributed by atoms with Crippen LogP contribution in [0.15, 0.2) is 101 Å². The van der Waals surface area contributed by atoms with E-state index in [9.17, 15) is 0 Å². The number of aromatic nitrogens is 2. The smallest absolute Gasteiger partial charge is 0.239 e. The molecule has 0 amide bonds. The molecule has 0 bridgehead atoms. The second kappa shape index (κ2) is 10.8. The molecule has 5 heteroatoms. The van der Waals surface area contributed by atoms with E-state index in [1.54, 1.807) is 0 Å². The van der Waals surface area contributed by atoms with E-state index in [-0.39, 0.29) is 0 Å². The van der Waals surface area contributed by atoms with Crippen LogP contribution in [0, 0.1) is 6.92 Å². The highest BCUT2D eigenvalue weighted by molar-refractivity contribution is 5.84. The number of rotatable bonds is 4. The molecule has 4 aromatic carbocycles. The van der Waals surface area contributed by atoms with Crippen molar-refractivity contribution in [2.45, 2.75) is 27.2 Å². The minimum atomic E-state index is 0.750. The van der Waals surface area contributed by atoms with Crippen LogP contribution in [0.5, 0.6) is 0 Å². The van der Waals surface area contributed by atoms with Crippen molar-refractivity contribution in [3.05, 3.63) is 102 Å². The van der Waals surface area contributed by atoms with Crippen molar-refractivity contribution in [3.63, 3.8) is 0 Å². The van der Waals surface area contributed by atoms with Crippen molar-refractivity contribution < 1.29 is 4.57 Å². The van der Waals surface area contributed by atoms with E-state index in [0.29, 0.717) is 0 Å². The lowest BCUT2D eigenvalue weighted by molar-refractivity contribution is -0.538. The Kier molecular flexibility index (Phi) is 7.35. The predicted molar refractivity (Wildman–Crippen MR) is 140 cm³/mol. The summed E-state index contributed by atoms with van der Waals surface area (Å²) in [4.78, 5) is 4.92. The minimum absolute atomic E-state index is 0.750. The van der Waals surface area contributed by atoms with Gasteiger partial charge in [-0.05, 0) is 55.8 Å². The summed E-state index contributed by atoms with van der Waals surface area (Å²) in [5.74, 6) is 0. The van der Waals surface area contributed by atoms with Crippen LogP contribution in [0.4, 0.5) is 11.4 Å². The molecule has 0 spiro atoms. The van der Waals surface area contributed by atoms with Gasteiger partial charge in [0.1, 0.15) is 11.0 Å². The van der Waals surface area contributed by atoms with Crippen LogP contribution in [0.2, 0.25) is 0 Å². The summed E-state index contributed by atoms with van der Waals surface area (Å²) in [5, 5.41) is 8.90. The molecule has 0 aliphatic heterocycles. The quantitative estimate of drug-likeness (QED) is 0.184. The van der Waals surface area contributed by atoms with E-state index in [2.05, 4.69) is 77.2 Å². The average molecular weight is 449 g/mol. The number of hydrogen-bond donors (Lipinski definition) is 1. The summed E-state index contributed by atoms with van der Waals surface area (Å²) >= 11 is 0. The van der Waals surface area contributed by atoms with Gasteiger partial charge in [-0.15, -0.1) is 4.57 Å². The zero-order valence-corrected chi connectivity index (χ0v) is 19.9. The maximum absolute atomic E-state index is 4.92. The Labute approximate surface area is 200 Å². The number of hydrogen-bond acceptors (Lipinski definition) is 4. The zero-order chi connectivity index (χ0) is 23.9. The van der Waals surface area contributed by atoms with Crippen molar-refractivity contribution in [2.24, 2.45) is 16.0 Å². The third-order valence-electron chi connectivity index (χ3n) is 5.46. The molecule has 2 N–H and O–H groups in total. The number of aryl methyl sites for hydroxylation is 2. The highest BCUT2D eigenvalue weighted by atomic mass is 15.1. The van der Waals surface area contributed by atoms with Gasteiger partial charge in [0.15, 0.2) is 0 Å². The van der Waals surface area contributed by atoms with Crippen LogP contribution in [0.3, 0.4) is 0 Å². The number of benzene rings is 4. The lowest BCUT2D eigenvalue weighted by atomic mass is 10.1. The topological polar surface area (TPSA) is 67.5 Å². The summed E-state index contributed by atoms with van der Waals surface area (Å²) in [5.41, 5.74) is 14.1. The molecular formula is C29H30N5+.